The van der Waals surface area contributed by atoms with Crippen molar-refractivity contribution >= 4 is 11.9 Å². The van der Waals surface area contributed by atoms with Crippen LogP contribution in [0.5, 0.6) is 5.75 Å². The first kappa shape index (κ1) is 20.7. The third kappa shape index (κ3) is 5.28. The number of carbonyl (C=O) groups excluding carboxylic acids is 2. The molecular weight excluding hydrogens is 366 g/mol. The highest BCUT2D eigenvalue weighted by Crippen LogP contribution is 2.26. The predicted molar refractivity (Wildman–Crippen MR) is 113 cm³/mol. The average Bonchev–Trinajstić information content (AvgIpc) is 2.74. The third-order valence-electron chi connectivity index (χ3n) is 5.35. The summed E-state index contributed by atoms with van der Waals surface area (Å²) < 4.78 is 5.43. The summed E-state index contributed by atoms with van der Waals surface area (Å²) in [6.45, 7) is 5.21. The number of rotatable bonds is 5. The molecule has 0 aliphatic carbocycles. The van der Waals surface area contributed by atoms with E-state index in [0.29, 0.717) is 18.7 Å². The van der Waals surface area contributed by atoms with Crippen molar-refractivity contribution < 1.29 is 14.3 Å². The second kappa shape index (κ2) is 9.45. The first-order valence-corrected chi connectivity index (χ1v) is 10.0. The number of benzene rings is 2. The summed E-state index contributed by atoms with van der Waals surface area (Å²) in [4.78, 5) is 26.8. The van der Waals surface area contributed by atoms with Gasteiger partial charge in [-0.2, -0.15) is 0 Å². The Bertz CT molecular complexity index is 846. The van der Waals surface area contributed by atoms with E-state index in [-0.39, 0.29) is 24.0 Å². The second-order valence-corrected chi connectivity index (χ2v) is 7.52. The molecular formula is C23H29N3O3. The van der Waals surface area contributed by atoms with Gasteiger partial charge in [-0.3, -0.25) is 4.79 Å². The number of piperidine rings is 1. The standard InChI is InChI=1S/C23H29N3O3/c1-16-9-10-21(29-3)20(15-16)17(2)24-23(28)26-13-11-19(12-14-26)25-22(27)18-7-5-4-6-8-18/h4-10,15,17,19H,11-14H2,1-3H3,(H,24,28)(H,25,27)/t17-/m0/s1. The average molecular weight is 396 g/mol. The van der Waals surface area contributed by atoms with E-state index in [4.69, 9.17) is 4.74 Å². The van der Waals surface area contributed by atoms with Gasteiger partial charge in [0.1, 0.15) is 5.75 Å². The summed E-state index contributed by atoms with van der Waals surface area (Å²) >= 11 is 0. The predicted octanol–water partition coefficient (Wildman–Crippen LogP) is 3.67. The number of aryl methyl sites for hydroxylation is 1. The molecule has 0 saturated carbocycles. The van der Waals surface area contributed by atoms with E-state index in [9.17, 15) is 9.59 Å². The number of amides is 3. The highest BCUT2D eigenvalue weighted by atomic mass is 16.5. The zero-order valence-electron chi connectivity index (χ0n) is 17.3. The molecule has 1 heterocycles. The minimum absolute atomic E-state index is 0.0614. The highest BCUT2D eigenvalue weighted by Gasteiger charge is 2.25. The van der Waals surface area contributed by atoms with E-state index in [1.807, 2.05) is 55.1 Å². The zero-order chi connectivity index (χ0) is 20.8. The van der Waals surface area contributed by atoms with E-state index in [2.05, 4.69) is 10.6 Å². The van der Waals surface area contributed by atoms with Gasteiger partial charge in [-0.25, -0.2) is 4.79 Å². The van der Waals surface area contributed by atoms with E-state index in [0.717, 1.165) is 29.7 Å². The van der Waals surface area contributed by atoms with Crippen molar-refractivity contribution in [1.82, 2.24) is 15.5 Å². The van der Waals surface area contributed by atoms with Crippen LogP contribution in [0.2, 0.25) is 0 Å². The molecule has 0 bridgehead atoms. The minimum atomic E-state index is -0.159. The van der Waals surface area contributed by atoms with Gasteiger partial charge in [-0.15, -0.1) is 0 Å². The van der Waals surface area contributed by atoms with E-state index < -0.39 is 0 Å². The van der Waals surface area contributed by atoms with Gasteiger partial charge >= 0.3 is 6.03 Å². The Morgan fingerprint density at radius 3 is 2.45 bits per heavy atom. The first-order valence-electron chi connectivity index (χ1n) is 10.0. The van der Waals surface area contributed by atoms with Crippen LogP contribution in [0.25, 0.3) is 0 Å². The van der Waals surface area contributed by atoms with Crippen LogP contribution >= 0.6 is 0 Å². The topological polar surface area (TPSA) is 70.7 Å². The fourth-order valence-electron chi connectivity index (χ4n) is 3.63. The number of likely N-dealkylation sites (tertiary alicyclic amines) is 1. The molecule has 1 atom stereocenters. The van der Waals surface area contributed by atoms with Crippen molar-refractivity contribution in [2.45, 2.75) is 38.8 Å². The van der Waals surface area contributed by atoms with Gasteiger partial charge in [0, 0.05) is 30.3 Å². The van der Waals surface area contributed by atoms with Crippen LogP contribution in [0, 0.1) is 6.92 Å². The lowest BCUT2D eigenvalue weighted by molar-refractivity contribution is 0.0917. The number of hydrogen-bond donors (Lipinski definition) is 2. The van der Waals surface area contributed by atoms with Crippen LogP contribution in [-0.2, 0) is 0 Å². The van der Waals surface area contributed by atoms with Crippen molar-refractivity contribution in [1.29, 1.82) is 0 Å². The van der Waals surface area contributed by atoms with Gasteiger partial charge in [0.05, 0.1) is 13.2 Å². The Morgan fingerprint density at radius 2 is 1.79 bits per heavy atom. The molecule has 29 heavy (non-hydrogen) atoms. The van der Waals surface area contributed by atoms with Gasteiger partial charge in [-0.05, 0) is 44.9 Å². The smallest absolute Gasteiger partial charge is 0.317 e. The Hall–Kier alpha value is -3.02. The fraction of sp³-hybridized carbons (Fsp3) is 0.391. The van der Waals surface area contributed by atoms with Crippen molar-refractivity contribution in [2.75, 3.05) is 20.2 Å². The Morgan fingerprint density at radius 1 is 1.10 bits per heavy atom. The van der Waals surface area contributed by atoms with E-state index >= 15 is 0 Å². The highest BCUT2D eigenvalue weighted by molar-refractivity contribution is 5.94. The van der Waals surface area contributed by atoms with Crippen LogP contribution in [0.3, 0.4) is 0 Å². The minimum Gasteiger partial charge on any atom is -0.496 e. The number of carbonyl (C=O) groups is 2. The molecule has 2 N–H and O–H groups in total. The van der Waals surface area contributed by atoms with Crippen LogP contribution in [0.1, 0.15) is 47.3 Å². The monoisotopic (exact) mass is 395 g/mol. The maximum Gasteiger partial charge on any atom is 0.317 e. The number of urea groups is 1. The van der Waals surface area contributed by atoms with Crippen molar-refractivity contribution in [3.8, 4) is 5.75 Å². The summed E-state index contributed by atoms with van der Waals surface area (Å²) in [5.74, 6) is 0.708. The lowest BCUT2D eigenvalue weighted by atomic mass is 10.0. The van der Waals surface area contributed by atoms with E-state index in [1.54, 1.807) is 19.2 Å². The Balaban J connectivity index is 1.51. The van der Waals surface area contributed by atoms with Crippen molar-refractivity contribution in [2.24, 2.45) is 0 Å². The molecule has 0 unspecified atom stereocenters. The SMILES string of the molecule is COc1ccc(C)cc1[C@H](C)NC(=O)N1CCC(NC(=O)c2ccccc2)CC1. The van der Waals surface area contributed by atoms with Crippen LogP contribution in [0.15, 0.2) is 48.5 Å². The number of ether oxygens (including phenoxy) is 1. The molecule has 6 heteroatoms. The summed E-state index contributed by atoms with van der Waals surface area (Å²) in [5, 5.41) is 6.14. The van der Waals surface area contributed by atoms with Gasteiger partial charge in [0.25, 0.3) is 5.91 Å². The molecule has 154 valence electrons. The lowest BCUT2D eigenvalue weighted by Gasteiger charge is -2.33. The summed E-state index contributed by atoms with van der Waals surface area (Å²) in [6, 6.07) is 15.0. The largest absolute Gasteiger partial charge is 0.496 e. The van der Waals surface area contributed by atoms with Crippen LogP contribution < -0.4 is 15.4 Å². The molecule has 1 fully saturated rings. The maximum absolute atomic E-state index is 12.7. The third-order valence-corrected chi connectivity index (χ3v) is 5.35. The lowest BCUT2D eigenvalue weighted by Crippen LogP contribution is -2.49. The summed E-state index contributed by atoms with van der Waals surface area (Å²) in [7, 11) is 1.64. The number of hydrogen-bond acceptors (Lipinski definition) is 3. The number of methoxy groups -OCH3 is 1. The van der Waals surface area contributed by atoms with Crippen molar-refractivity contribution in [3.63, 3.8) is 0 Å². The molecule has 2 aromatic rings. The van der Waals surface area contributed by atoms with Gasteiger partial charge in [-0.1, -0.05) is 35.9 Å². The molecule has 3 rings (SSSR count). The Kier molecular flexibility index (Phi) is 6.75. The molecule has 0 aromatic heterocycles. The van der Waals surface area contributed by atoms with Crippen molar-refractivity contribution in [3.05, 3.63) is 65.2 Å². The van der Waals surface area contributed by atoms with Crippen LogP contribution in [-0.4, -0.2) is 43.1 Å². The molecule has 1 aliphatic rings. The Labute approximate surface area is 172 Å². The molecule has 0 spiro atoms. The van der Waals surface area contributed by atoms with Gasteiger partial charge in [0.2, 0.25) is 0 Å². The summed E-state index contributed by atoms with van der Waals surface area (Å²) in [6.07, 6.45) is 1.49. The normalized spacial score (nSPS) is 15.5. The first-order chi connectivity index (χ1) is 14.0. The maximum atomic E-state index is 12.7. The molecule has 1 aliphatic heterocycles. The number of nitrogens with one attached hydrogen (secondary N) is 2. The molecule has 6 nitrogen and oxygen atoms in total. The zero-order valence-corrected chi connectivity index (χ0v) is 17.3. The van der Waals surface area contributed by atoms with Gasteiger partial charge < -0.3 is 20.3 Å². The summed E-state index contributed by atoms with van der Waals surface area (Å²) in [5.41, 5.74) is 2.75. The second-order valence-electron chi connectivity index (χ2n) is 7.52. The molecule has 3 amide bonds. The van der Waals surface area contributed by atoms with Gasteiger partial charge in [0.15, 0.2) is 0 Å². The number of nitrogens with zero attached hydrogens (tertiary/aromatic N) is 1. The fourth-order valence-corrected chi connectivity index (χ4v) is 3.63. The molecule has 1 saturated heterocycles. The van der Waals surface area contributed by atoms with Crippen LogP contribution in [0.4, 0.5) is 4.79 Å². The quantitative estimate of drug-likeness (QED) is 0.812. The molecule has 0 radical (unpaired) electrons. The van der Waals surface area contributed by atoms with E-state index in [1.165, 1.54) is 0 Å². The molecule has 2 aromatic carbocycles.